The second-order valence-electron chi connectivity index (χ2n) is 27.5. The summed E-state index contributed by atoms with van der Waals surface area (Å²) >= 11 is 0. The van der Waals surface area contributed by atoms with Gasteiger partial charge in [-0.1, -0.05) is 244 Å². The Hall–Kier alpha value is -8.78. The van der Waals surface area contributed by atoms with Gasteiger partial charge in [0, 0.05) is 10.8 Å². The van der Waals surface area contributed by atoms with Gasteiger partial charge in [0.2, 0.25) is 0 Å². The maximum absolute atomic E-state index is 2.50. The molecule has 12 rings (SSSR count). The van der Waals surface area contributed by atoms with E-state index in [0.29, 0.717) is 17.8 Å². The van der Waals surface area contributed by atoms with Crippen LogP contribution in [0.3, 0.4) is 0 Å². The quantitative estimate of drug-likeness (QED) is 0.129. The highest BCUT2D eigenvalue weighted by molar-refractivity contribution is 6.12. The van der Waals surface area contributed by atoms with Crippen molar-refractivity contribution in [3.63, 3.8) is 0 Å². The van der Waals surface area contributed by atoms with Crippen LogP contribution in [0, 0.1) is 96.9 Å². The van der Waals surface area contributed by atoms with Gasteiger partial charge in [0.1, 0.15) is 0 Å². The van der Waals surface area contributed by atoms with Gasteiger partial charge in [0.15, 0.2) is 0 Å². The molecule has 11 aromatic carbocycles. The number of fused-ring (bicyclic) bond motifs is 3. The maximum atomic E-state index is 2.50. The van der Waals surface area contributed by atoms with E-state index >= 15 is 0 Å². The van der Waals surface area contributed by atoms with Crippen molar-refractivity contribution in [1.29, 1.82) is 0 Å². The average Bonchev–Trinajstić information content (AvgIpc) is 1.59. The van der Waals surface area contributed by atoms with Crippen LogP contribution in [0.1, 0.15) is 154 Å². The third kappa shape index (κ3) is 14.1. The first-order valence-corrected chi connectivity index (χ1v) is 32.8. The fourth-order valence-corrected chi connectivity index (χ4v) is 13.7. The average molecular weight is 1180 g/mol. The minimum atomic E-state index is 0.505. The molecule has 0 saturated carbocycles. The summed E-state index contributed by atoms with van der Waals surface area (Å²) in [6.07, 6.45) is 0. The number of benzene rings is 11. The van der Waals surface area contributed by atoms with E-state index in [-0.39, 0.29) is 0 Å². The Morgan fingerprint density at radius 1 is 0.211 bits per heavy atom. The van der Waals surface area contributed by atoms with Gasteiger partial charge in [0.25, 0.3) is 0 Å². The molecule has 0 atom stereocenters. The smallest absolute Gasteiger partial charge is 0.0541 e. The molecule has 0 N–H and O–H groups in total. The van der Waals surface area contributed by atoms with E-state index in [4.69, 9.17) is 0 Å². The second-order valence-corrected chi connectivity index (χ2v) is 27.5. The van der Waals surface area contributed by atoms with Crippen molar-refractivity contribution in [2.45, 2.75) is 156 Å². The van der Waals surface area contributed by atoms with Gasteiger partial charge < -0.3 is 4.57 Å². The van der Waals surface area contributed by atoms with E-state index in [1.165, 1.54) is 189 Å². The van der Waals surface area contributed by atoms with Crippen molar-refractivity contribution in [1.82, 2.24) is 4.57 Å². The zero-order valence-electron chi connectivity index (χ0n) is 57.7. The van der Waals surface area contributed by atoms with Crippen molar-refractivity contribution in [2.75, 3.05) is 0 Å². The lowest BCUT2D eigenvalue weighted by Gasteiger charge is -2.18. The van der Waals surface area contributed by atoms with E-state index in [1.54, 1.807) is 0 Å². The number of aryl methyl sites for hydroxylation is 14. The Morgan fingerprint density at radius 3 is 0.756 bits per heavy atom. The van der Waals surface area contributed by atoms with Gasteiger partial charge in [-0.05, 0) is 268 Å². The highest BCUT2D eigenvalue weighted by atomic mass is 15.0. The maximum Gasteiger partial charge on any atom is 0.0541 e. The molecule has 0 fully saturated rings. The topological polar surface area (TPSA) is 4.93 Å². The fraction of sp³-hybridized carbons (Fsp3) is 0.258. The van der Waals surface area contributed by atoms with E-state index < -0.39 is 0 Å². The zero-order valence-corrected chi connectivity index (χ0v) is 57.7. The van der Waals surface area contributed by atoms with E-state index in [9.17, 15) is 0 Å². The van der Waals surface area contributed by atoms with Crippen LogP contribution >= 0.6 is 0 Å². The number of hydrogen-bond donors (Lipinski definition) is 0. The Labute approximate surface area is 540 Å². The van der Waals surface area contributed by atoms with Crippen molar-refractivity contribution < 1.29 is 0 Å². The largest absolute Gasteiger partial charge is 0.309 e. The van der Waals surface area contributed by atoms with Crippen LogP contribution in [0.15, 0.2) is 194 Å². The summed E-state index contributed by atoms with van der Waals surface area (Å²) in [4.78, 5) is 0. The number of hydrogen-bond acceptors (Lipinski definition) is 0. The lowest BCUT2D eigenvalue weighted by Crippen LogP contribution is -2.02. The van der Waals surface area contributed by atoms with E-state index in [1.807, 2.05) is 0 Å². The molecule has 0 spiro atoms. The molecule has 0 aliphatic carbocycles. The summed E-state index contributed by atoms with van der Waals surface area (Å²) in [7, 11) is 0. The minimum absolute atomic E-state index is 0.505. The van der Waals surface area contributed by atoms with Crippen molar-refractivity contribution in [3.8, 4) is 72.4 Å². The molecule has 456 valence electrons. The molecular formula is C89H95N. The second kappa shape index (κ2) is 26.7. The van der Waals surface area contributed by atoms with Crippen molar-refractivity contribution >= 4 is 21.8 Å². The number of nitrogens with zero attached hydrogens (tertiary/aromatic N) is 1. The molecule has 0 saturated heterocycles. The predicted octanol–water partition coefficient (Wildman–Crippen LogP) is 25.8. The highest BCUT2D eigenvalue weighted by Gasteiger charge is 2.20. The third-order valence-corrected chi connectivity index (χ3v) is 18.3. The van der Waals surface area contributed by atoms with Gasteiger partial charge in [-0.15, -0.1) is 0 Å². The first-order valence-electron chi connectivity index (χ1n) is 32.8. The van der Waals surface area contributed by atoms with E-state index in [0.717, 1.165) is 0 Å². The first-order chi connectivity index (χ1) is 42.8. The van der Waals surface area contributed by atoms with Gasteiger partial charge in [-0.2, -0.15) is 0 Å². The SMILES string of the molecule is Cc1cc(C)cc(-c2ccc3c(c2)c2cc(-c4cc(C)cc(C)c4)ccc2n3-c2c(C)cc(C(C)C)cc2C)c1.Cc1ccc(-c2cc(-c3ccc(C)cc3C)cc(C(C)C)c2)c(C)c1.Cc1ccc(-c2cc(-c3ccc(C)cc3C)cc(C(C)C)c2)c(C)c1. The number of rotatable bonds is 10. The first kappa shape index (κ1) is 64.2. The standard InChI is InChI=1S/C39H39N.2C25H28/c1-23(2)32-19-28(7)39(29(8)20-32)40-37-11-9-30(33-15-24(3)13-25(4)16-33)21-35(37)36-22-31(10-12-38(36)40)34-17-26(5)14-27(6)18-34;2*1-16(2)21-13-22(24-9-7-17(3)11-19(24)5)15-23(14-21)25-10-8-18(4)12-20(25)6/h9-23H,1-8H3;2*7-16H,1-6H3. The van der Waals surface area contributed by atoms with E-state index in [2.05, 4.69) is 337 Å². The molecule has 12 aromatic rings. The monoisotopic (exact) mass is 1180 g/mol. The molecule has 1 heterocycles. The van der Waals surface area contributed by atoms with Gasteiger partial charge in [-0.25, -0.2) is 0 Å². The molecule has 90 heavy (non-hydrogen) atoms. The third-order valence-electron chi connectivity index (χ3n) is 18.3. The summed E-state index contributed by atoms with van der Waals surface area (Å²) in [5.41, 5.74) is 42.1. The van der Waals surface area contributed by atoms with Crippen LogP contribution in [0.4, 0.5) is 0 Å². The molecule has 1 nitrogen and oxygen atoms in total. The molecule has 1 heteroatoms. The minimum Gasteiger partial charge on any atom is -0.309 e. The summed E-state index contributed by atoms with van der Waals surface area (Å²) in [5, 5.41) is 2.59. The molecule has 0 aliphatic heterocycles. The lowest BCUT2D eigenvalue weighted by molar-refractivity contribution is 0.861. The molecule has 0 unspecified atom stereocenters. The Balaban J connectivity index is 0.000000156. The fourth-order valence-electron chi connectivity index (χ4n) is 13.7. The van der Waals surface area contributed by atoms with Crippen LogP contribution in [0.25, 0.3) is 94.3 Å². The van der Waals surface area contributed by atoms with Crippen LogP contribution in [0.2, 0.25) is 0 Å². The zero-order chi connectivity index (χ0) is 64.6. The van der Waals surface area contributed by atoms with Gasteiger partial charge in [0.05, 0.1) is 16.7 Å². The Morgan fingerprint density at radius 2 is 0.489 bits per heavy atom. The summed E-state index contributed by atoms with van der Waals surface area (Å²) in [6.45, 7) is 44.4. The molecule has 0 amide bonds. The molecule has 0 aliphatic rings. The van der Waals surface area contributed by atoms with Gasteiger partial charge >= 0.3 is 0 Å². The molecular weight excluding hydrogens is 1080 g/mol. The number of aromatic nitrogens is 1. The summed E-state index contributed by atoms with van der Waals surface area (Å²) in [6, 6.07) is 73.6. The predicted molar refractivity (Wildman–Crippen MR) is 395 cm³/mol. The van der Waals surface area contributed by atoms with Gasteiger partial charge in [-0.3, -0.25) is 0 Å². The van der Waals surface area contributed by atoms with Crippen LogP contribution in [0.5, 0.6) is 0 Å². The summed E-state index contributed by atoms with van der Waals surface area (Å²) in [5.74, 6) is 1.52. The Kier molecular flexibility index (Phi) is 19.1. The normalized spacial score (nSPS) is 11.4. The Bertz CT molecular complexity index is 4190. The summed E-state index contributed by atoms with van der Waals surface area (Å²) < 4.78 is 2.50. The van der Waals surface area contributed by atoms with Crippen LogP contribution in [-0.2, 0) is 0 Å². The van der Waals surface area contributed by atoms with Crippen LogP contribution in [-0.4, -0.2) is 4.57 Å². The molecule has 0 bridgehead atoms. The molecule has 0 radical (unpaired) electrons. The molecule has 1 aromatic heterocycles. The van der Waals surface area contributed by atoms with Crippen molar-refractivity contribution in [3.05, 3.63) is 289 Å². The highest BCUT2D eigenvalue weighted by Crippen LogP contribution is 2.41. The van der Waals surface area contributed by atoms with Crippen molar-refractivity contribution in [2.24, 2.45) is 0 Å². The van der Waals surface area contributed by atoms with Crippen LogP contribution < -0.4 is 0 Å². The lowest BCUT2D eigenvalue weighted by atomic mass is 9.89.